The molecular weight excluding hydrogens is 343 g/mol. The Kier molecular flexibility index (Phi) is 5.69. The largest absolute Gasteiger partial charge is 0.497 e. The average Bonchev–Trinajstić information content (AvgIpc) is 2.67. The Hall–Kier alpha value is -2.95. The van der Waals surface area contributed by atoms with E-state index >= 15 is 0 Å². The zero-order valence-corrected chi connectivity index (χ0v) is 16.1. The third-order valence-corrected chi connectivity index (χ3v) is 4.35. The average molecular weight is 368 g/mol. The van der Waals surface area contributed by atoms with E-state index in [4.69, 9.17) is 9.47 Å². The fourth-order valence-corrected chi connectivity index (χ4v) is 3.04. The highest BCUT2D eigenvalue weighted by Gasteiger charge is 2.18. The number of halogens is 1. The van der Waals surface area contributed by atoms with E-state index in [1.807, 2.05) is 47.6 Å². The van der Waals surface area contributed by atoms with Crippen molar-refractivity contribution in [2.24, 2.45) is 5.92 Å². The first-order valence-electron chi connectivity index (χ1n) is 8.96. The van der Waals surface area contributed by atoms with Gasteiger partial charge in [0.2, 0.25) is 0 Å². The van der Waals surface area contributed by atoms with Crippen LogP contribution >= 0.6 is 0 Å². The molecule has 142 valence electrons. The zero-order chi connectivity index (χ0) is 19.4. The molecule has 1 aliphatic heterocycles. The van der Waals surface area contributed by atoms with E-state index in [9.17, 15) is 4.39 Å². The lowest BCUT2D eigenvalue weighted by atomic mass is 9.98. The molecule has 0 aliphatic carbocycles. The number of nitrogens with zero attached hydrogens (tertiary/aromatic N) is 1. The molecule has 0 radical (unpaired) electrons. The summed E-state index contributed by atoms with van der Waals surface area (Å²) in [6, 6.07) is 12.8. The summed E-state index contributed by atoms with van der Waals surface area (Å²) < 4.78 is 24.6. The molecule has 0 saturated carbocycles. The van der Waals surface area contributed by atoms with Crippen LogP contribution in [-0.2, 0) is 0 Å². The normalized spacial score (nSPS) is 13.8. The molecule has 1 aliphatic rings. The Balaban J connectivity index is 2.05. The molecular formula is C22H25FN2O2. The van der Waals surface area contributed by atoms with Gasteiger partial charge in [0.1, 0.15) is 5.75 Å². The molecule has 0 fully saturated rings. The van der Waals surface area contributed by atoms with Gasteiger partial charge in [-0.25, -0.2) is 4.39 Å². The van der Waals surface area contributed by atoms with Gasteiger partial charge in [-0.15, -0.1) is 0 Å². The molecule has 0 amide bonds. The van der Waals surface area contributed by atoms with Crippen molar-refractivity contribution >= 4 is 11.3 Å². The summed E-state index contributed by atoms with van der Waals surface area (Å²) in [7, 11) is 3.11. The van der Waals surface area contributed by atoms with Crippen molar-refractivity contribution in [3.8, 4) is 11.5 Å². The molecule has 0 atom stereocenters. The van der Waals surface area contributed by atoms with Crippen molar-refractivity contribution in [2.45, 2.75) is 13.8 Å². The lowest BCUT2D eigenvalue weighted by molar-refractivity contribution is 0.285. The topological polar surface area (TPSA) is 33.7 Å². The fourth-order valence-electron chi connectivity index (χ4n) is 3.04. The van der Waals surface area contributed by atoms with Crippen molar-refractivity contribution in [1.29, 1.82) is 0 Å². The van der Waals surface area contributed by atoms with Crippen LogP contribution in [0, 0.1) is 11.7 Å². The van der Waals surface area contributed by atoms with Crippen molar-refractivity contribution in [1.82, 2.24) is 10.4 Å². The molecule has 0 bridgehead atoms. The van der Waals surface area contributed by atoms with Gasteiger partial charge >= 0.3 is 0 Å². The van der Waals surface area contributed by atoms with Gasteiger partial charge in [-0.05, 0) is 54.0 Å². The third-order valence-electron chi connectivity index (χ3n) is 4.35. The monoisotopic (exact) mass is 368 g/mol. The number of allylic oxidation sites excluding steroid dienone is 2. The Morgan fingerprint density at radius 3 is 2.30 bits per heavy atom. The van der Waals surface area contributed by atoms with Crippen LogP contribution in [-0.4, -0.2) is 25.8 Å². The molecule has 3 rings (SSSR count). The standard InChI is InChI=1S/C22H25FN2O2/c1-15(2)14-25-12-11-19(17-7-10-21(27-4)20(23)13-17)22(24-25)16-5-8-18(26-3)9-6-16/h5-13,15,24H,14H2,1-4H3. The van der Waals surface area contributed by atoms with Gasteiger partial charge in [0, 0.05) is 23.9 Å². The highest BCUT2D eigenvalue weighted by Crippen LogP contribution is 2.32. The van der Waals surface area contributed by atoms with Crippen LogP contribution in [0.5, 0.6) is 11.5 Å². The molecule has 0 aromatic heterocycles. The molecule has 5 heteroatoms. The number of rotatable bonds is 6. The van der Waals surface area contributed by atoms with Crippen LogP contribution in [0.4, 0.5) is 4.39 Å². The molecule has 0 unspecified atom stereocenters. The van der Waals surface area contributed by atoms with Gasteiger partial charge in [0.05, 0.1) is 19.9 Å². The Labute approximate surface area is 159 Å². The highest BCUT2D eigenvalue weighted by molar-refractivity contribution is 5.95. The molecule has 0 saturated heterocycles. The van der Waals surface area contributed by atoms with Crippen molar-refractivity contribution < 1.29 is 13.9 Å². The minimum absolute atomic E-state index is 0.236. The van der Waals surface area contributed by atoms with E-state index in [2.05, 4.69) is 19.3 Å². The second-order valence-corrected chi connectivity index (χ2v) is 6.84. The molecule has 1 N–H and O–H groups in total. The first-order chi connectivity index (χ1) is 13.0. The number of hydrogen-bond acceptors (Lipinski definition) is 4. The Bertz CT molecular complexity index is 857. The van der Waals surface area contributed by atoms with Crippen LogP contribution < -0.4 is 14.9 Å². The van der Waals surface area contributed by atoms with Crippen molar-refractivity contribution in [2.75, 3.05) is 20.8 Å². The third kappa shape index (κ3) is 4.25. The smallest absolute Gasteiger partial charge is 0.165 e. The molecule has 4 nitrogen and oxygen atoms in total. The van der Waals surface area contributed by atoms with Gasteiger partial charge in [-0.3, -0.25) is 10.4 Å². The Morgan fingerprint density at radius 2 is 1.70 bits per heavy atom. The molecule has 2 aromatic rings. The first kappa shape index (κ1) is 18.8. The summed E-state index contributed by atoms with van der Waals surface area (Å²) in [5.74, 6) is 1.15. The number of benzene rings is 2. The number of hydrogen-bond donors (Lipinski definition) is 1. The summed E-state index contributed by atoms with van der Waals surface area (Å²) in [4.78, 5) is 0. The number of hydrazine groups is 1. The van der Waals surface area contributed by atoms with E-state index in [-0.39, 0.29) is 11.6 Å². The fraction of sp³-hybridized carbons (Fsp3) is 0.273. The zero-order valence-electron chi connectivity index (χ0n) is 16.1. The van der Waals surface area contributed by atoms with Gasteiger partial charge in [-0.2, -0.15) is 0 Å². The first-order valence-corrected chi connectivity index (χ1v) is 8.96. The number of ether oxygens (including phenoxy) is 2. The van der Waals surface area contributed by atoms with E-state index in [1.54, 1.807) is 13.2 Å². The maximum absolute atomic E-state index is 14.3. The van der Waals surface area contributed by atoms with Crippen LogP contribution in [0.15, 0.2) is 54.7 Å². The van der Waals surface area contributed by atoms with E-state index in [0.717, 1.165) is 34.7 Å². The van der Waals surface area contributed by atoms with E-state index in [0.29, 0.717) is 5.92 Å². The highest BCUT2D eigenvalue weighted by atomic mass is 19.1. The summed E-state index contributed by atoms with van der Waals surface area (Å²) in [5.41, 5.74) is 7.09. The van der Waals surface area contributed by atoms with Crippen LogP contribution in [0.25, 0.3) is 11.3 Å². The van der Waals surface area contributed by atoms with Gasteiger partial charge in [0.25, 0.3) is 0 Å². The summed E-state index contributed by atoms with van der Waals surface area (Å²) in [5, 5.41) is 2.05. The lowest BCUT2D eigenvalue weighted by Crippen LogP contribution is -2.37. The van der Waals surface area contributed by atoms with Crippen LogP contribution in [0.1, 0.15) is 25.0 Å². The quantitative estimate of drug-likeness (QED) is 0.801. The summed E-state index contributed by atoms with van der Waals surface area (Å²) in [6.45, 7) is 5.20. The van der Waals surface area contributed by atoms with Gasteiger partial charge < -0.3 is 9.47 Å². The second kappa shape index (κ2) is 8.16. The summed E-state index contributed by atoms with van der Waals surface area (Å²) >= 11 is 0. The molecule has 2 aromatic carbocycles. The second-order valence-electron chi connectivity index (χ2n) is 6.84. The minimum atomic E-state index is -0.380. The maximum Gasteiger partial charge on any atom is 0.165 e. The minimum Gasteiger partial charge on any atom is -0.497 e. The van der Waals surface area contributed by atoms with E-state index in [1.165, 1.54) is 13.2 Å². The molecule has 1 heterocycles. The van der Waals surface area contributed by atoms with Gasteiger partial charge in [0.15, 0.2) is 11.6 Å². The van der Waals surface area contributed by atoms with E-state index < -0.39 is 0 Å². The predicted molar refractivity (Wildman–Crippen MR) is 107 cm³/mol. The summed E-state index contributed by atoms with van der Waals surface area (Å²) in [6.07, 6.45) is 4.00. The predicted octanol–water partition coefficient (Wildman–Crippen LogP) is 4.70. The van der Waals surface area contributed by atoms with Crippen LogP contribution in [0.3, 0.4) is 0 Å². The molecule has 27 heavy (non-hydrogen) atoms. The lowest BCUT2D eigenvalue weighted by Gasteiger charge is -2.31. The number of methoxy groups -OCH3 is 2. The van der Waals surface area contributed by atoms with Crippen molar-refractivity contribution in [3.05, 3.63) is 71.7 Å². The number of nitrogens with one attached hydrogen (secondary N) is 1. The SMILES string of the molecule is COc1ccc(C2=C(c3ccc(OC)c(F)c3)C=CN(CC(C)C)N2)cc1. The maximum atomic E-state index is 14.3. The Morgan fingerprint density at radius 1 is 1.00 bits per heavy atom. The van der Waals surface area contributed by atoms with Gasteiger partial charge in [-0.1, -0.05) is 19.9 Å². The van der Waals surface area contributed by atoms with Crippen LogP contribution in [0.2, 0.25) is 0 Å². The van der Waals surface area contributed by atoms with Crippen molar-refractivity contribution in [3.63, 3.8) is 0 Å². The molecule has 0 spiro atoms.